The fraction of sp³-hybridized carbons (Fsp3) is 0.438. The third-order valence-electron chi connectivity index (χ3n) is 3.52. The van der Waals surface area contributed by atoms with Gasteiger partial charge in [0.2, 0.25) is 5.91 Å². The lowest BCUT2D eigenvalue weighted by atomic mass is 10.1. The lowest BCUT2D eigenvalue weighted by Crippen LogP contribution is -2.38. The molecule has 1 aromatic carbocycles. The Bertz CT molecular complexity index is 521. The van der Waals surface area contributed by atoms with Gasteiger partial charge in [-0.15, -0.1) is 6.58 Å². The summed E-state index contributed by atoms with van der Waals surface area (Å²) in [7, 11) is 0. The fourth-order valence-electron chi connectivity index (χ4n) is 2.21. The van der Waals surface area contributed by atoms with Crippen LogP contribution in [0.25, 0.3) is 0 Å². The van der Waals surface area contributed by atoms with Gasteiger partial charge >= 0.3 is 6.18 Å². The number of carbonyl (C=O) groups excluding carboxylic acids is 1. The fourth-order valence-corrected chi connectivity index (χ4v) is 2.21. The highest BCUT2D eigenvalue weighted by Gasteiger charge is 2.31. The van der Waals surface area contributed by atoms with E-state index in [1.165, 1.54) is 12.1 Å². The summed E-state index contributed by atoms with van der Waals surface area (Å²) < 4.78 is 37.6. The molecule has 0 atom stereocenters. The zero-order valence-corrected chi connectivity index (χ0v) is 12.2. The predicted molar refractivity (Wildman–Crippen MR) is 78.1 cm³/mol. The Hall–Kier alpha value is -1.82. The van der Waals surface area contributed by atoms with E-state index in [4.69, 9.17) is 0 Å². The molecule has 0 aliphatic heterocycles. The average molecular weight is 312 g/mol. The number of hydrogen-bond donors (Lipinski definition) is 1. The normalized spacial score (nSPS) is 14.9. The summed E-state index contributed by atoms with van der Waals surface area (Å²) in [5.41, 5.74) is 0.120. The van der Waals surface area contributed by atoms with E-state index in [2.05, 4.69) is 11.9 Å². The van der Waals surface area contributed by atoms with Gasteiger partial charge in [-0.3, -0.25) is 9.69 Å². The molecular formula is C16H19F3N2O. The van der Waals surface area contributed by atoms with Crippen LogP contribution in [-0.2, 0) is 17.5 Å². The van der Waals surface area contributed by atoms with Crippen LogP contribution >= 0.6 is 0 Å². The van der Waals surface area contributed by atoms with Gasteiger partial charge in [0.1, 0.15) is 0 Å². The highest BCUT2D eigenvalue weighted by Crippen LogP contribution is 2.31. The monoisotopic (exact) mass is 312 g/mol. The van der Waals surface area contributed by atoms with Gasteiger partial charge in [-0.2, -0.15) is 13.2 Å². The van der Waals surface area contributed by atoms with Crippen LogP contribution in [0.4, 0.5) is 13.2 Å². The van der Waals surface area contributed by atoms with Gasteiger partial charge in [-0.1, -0.05) is 18.2 Å². The number of nitrogens with zero attached hydrogens (tertiary/aromatic N) is 1. The van der Waals surface area contributed by atoms with Crippen LogP contribution in [-0.4, -0.2) is 29.9 Å². The zero-order valence-electron chi connectivity index (χ0n) is 12.2. The first-order valence-corrected chi connectivity index (χ1v) is 7.18. The topological polar surface area (TPSA) is 32.3 Å². The molecular weight excluding hydrogens is 293 g/mol. The third kappa shape index (κ3) is 4.87. The van der Waals surface area contributed by atoms with Crippen LogP contribution in [0.5, 0.6) is 0 Å². The van der Waals surface area contributed by atoms with Crippen molar-refractivity contribution in [2.45, 2.75) is 31.6 Å². The highest BCUT2D eigenvalue weighted by atomic mass is 19.4. The van der Waals surface area contributed by atoms with Crippen LogP contribution in [0.1, 0.15) is 24.0 Å². The number of amides is 1. The van der Waals surface area contributed by atoms with E-state index < -0.39 is 11.7 Å². The molecule has 1 aromatic rings. The van der Waals surface area contributed by atoms with E-state index in [0.717, 1.165) is 30.5 Å². The summed E-state index contributed by atoms with van der Waals surface area (Å²) in [4.78, 5) is 13.8. The third-order valence-corrected chi connectivity index (χ3v) is 3.52. The van der Waals surface area contributed by atoms with Crippen LogP contribution in [0.15, 0.2) is 36.9 Å². The summed E-state index contributed by atoms with van der Waals surface area (Å²) in [5, 5.41) is 2.71. The lowest BCUT2D eigenvalue weighted by molar-refractivity contribution is -0.137. The van der Waals surface area contributed by atoms with Crippen molar-refractivity contribution in [3.05, 3.63) is 48.0 Å². The van der Waals surface area contributed by atoms with Crippen LogP contribution in [0.3, 0.4) is 0 Å². The maximum absolute atomic E-state index is 12.5. The molecule has 0 radical (unpaired) electrons. The smallest absolute Gasteiger partial charge is 0.352 e. The molecule has 1 fully saturated rings. The number of halogens is 3. The molecule has 2 rings (SSSR count). The lowest BCUT2D eigenvalue weighted by Gasteiger charge is -2.21. The molecule has 1 aliphatic carbocycles. The largest absolute Gasteiger partial charge is 0.416 e. The van der Waals surface area contributed by atoms with Crippen LogP contribution in [0, 0.1) is 0 Å². The molecule has 3 nitrogen and oxygen atoms in total. The highest BCUT2D eigenvalue weighted by molar-refractivity contribution is 5.78. The van der Waals surface area contributed by atoms with E-state index in [1.54, 1.807) is 6.08 Å². The first-order chi connectivity index (χ1) is 10.4. The SMILES string of the molecule is C=CCNC(=O)CN(Cc1ccc(C(F)(F)F)cc1)C1CC1. The first-order valence-electron chi connectivity index (χ1n) is 7.18. The Labute approximate surface area is 127 Å². The van der Waals surface area contributed by atoms with Gasteiger partial charge in [0.25, 0.3) is 0 Å². The van der Waals surface area contributed by atoms with Crippen LogP contribution < -0.4 is 5.32 Å². The van der Waals surface area contributed by atoms with Crippen molar-refractivity contribution in [2.24, 2.45) is 0 Å². The Morgan fingerprint density at radius 3 is 2.45 bits per heavy atom. The molecule has 1 aliphatic rings. The molecule has 22 heavy (non-hydrogen) atoms. The van der Waals surface area contributed by atoms with E-state index in [9.17, 15) is 18.0 Å². The summed E-state index contributed by atoms with van der Waals surface area (Å²) in [6, 6.07) is 5.45. The van der Waals surface area contributed by atoms with Crippen molar-refractivity contribution in [2.75, 3.05) is 13.1 Å². The minimum Gasteiger partial charge on any atom is -0.352 e. The first kappa shape index (κ1) is 16.5. The average Bonchev–Trinajstić information content (AvgIpc) is 3.28. The van der Waals surface area contributed by atoms with Crippen molar-refractivity contribution in [1.82, 2.24) is 10.2 Å². The van der Waals surface area contributed by atoms with E-state index in [1.807, 2.05) is 4.90 Å². The van der Waals surface area contributed by atoms with Crippen molar-refractivity contribution in [3.8, 4) is 0 Å². The maximum Gasteiger partial charge on any atom is 0.416 e. The summed E-state index contributed by atoms with van der Waals surface area (Å²) >= 11 is 0. The number of alkyl halides is 3. The number of benzene rings is 1. The van der Waals surface area contributed by atoms with Gasteiger partial charge in [-0.25, -0.2) is 0 Å². The molecule has 120 valence electrons. The van der Waals surface area contributed by atoms with Crippen molar-refractivity contribution in [3.63, 3.8) is 0 Å². The maximum atomic E-state index is 12.5. The molecule has 0 bridgehead atoms. The van der Waals surface area contributed by atoms with Gasteiger partial charge in [0.05, 0.1) is 12.1 Å². The summed E-state index contributed by atoms with van der Waals surface area (Å²) in [5.74, 6) is -0.0984. The Balaban J connectivity index is 1.96. The second kappa shape index (κ2) is 6.96. The van der Waals surface area contributed by atoms with E-state index >= 15 is 0 Å². The molecule has 0 unspecified atom stereocenters. The molecule has 0 spiro atoms. The molecule has 1 N–H and O–H groups in total. The molecule has 1 saturated carbocycles. The minimum absolute atomic E-state index is 0.0984. The quantitative estimate of drug-likeness (QED) is 0.785. The van der Waals surface area contributed by atoms with Crippen molar-refractivity contribution >= 4 is 5.91 Å². The standard InChI is InChI=1S/C16H19F3N2O/c1-2-9-20-15(22)11-21(14-7-8-14)10-12-3-5-13(6-4-12)16(17,18)19/h2-6,14H,1,7-11H2,(H,20,22). The number of hydrogen-bond acceptors (Lipinski definition) is 2. The molecule has 6 heteroatoms. The Kier molecular flexibility index (Phi) is 5.24. The number of rotatable bonds is 7. The molecule has 0 heterocycles. The second-order valence-corrected chi connectivity index (χ2v) is 5.42. The van der Waals surface area contributed by atoms with Gasteiger partial charge in [-0.05, 0) is 30.5 Å². The van der Waals surface area contributed by atoms with Gasteiger partial charge in [0.15, 0.2) is 0 Å². The Morgan fingerprint density at radius 2 is 1.95 bits per heavy atom. The second-order valence-electron chi connectivity index (χ2n) is 5.42. The number of nitrogens with one attached hydrogen (secondary N) is 1. The minimum atomic E-state index is -4.32. The van der Waals surface area contributed by atoms with Crippen molar-refractivity contribution < 1.29 is 18.0 Å². The molecule has 1 amide bonds. The van der Waals surface area contributed by atoms with Crippen molar-refractivity contribution in [1.29, 1.82) is 0 Å². The summed E-state index contributed by atoms with van der Waals surface area (Å²) in [6.45, 7) is 4.68. The predicted octanol–water partition coefficient (Wildman–Crippen LogP) is 2.97. The zero-order chi connectivity index (χ0) is 16.2. The molecule has 0 saturated heterocycles. The summed E-state index contributed by atoms with van der Waals surface area (Å²) in [6.07, 6.45) is -0.667. The van der Waals surface area contributed by atoms with Crippen LogP contribution in [0.2, 0.25) is 0 Å². The Morgan fingerprint density at radius 1 is 1.32 bits per heavy atom. The van der Waals surface area contributed by atoms with E-state index in [-0.39, 0.29) is 12.5 Å². The van der Waals surface area contributed by atoms with Gasteiger partial charge < -0.3 is 5.32 Å². The van der Waals surface area contributed by atoms with E-state index in [0.29, 0.717) is 19.1 Å². The molecule has 0 aromatic heterocycles. The van der Waals surface area contributed by atoms with Gasteiger partial charge in [0, 0.05) is 19.1 Å². The number of carbonyl (C=O) groups is 1.